The van der Waals surface area contributed by atoms with E-state index in [0.717, 1.165) is 5.56 Å². The molecule has 0 aliphatic heterocycles. The highest BCUT2D eigenvalue weighted by Crippen LogP contribution is 2.21. The average molecular weight is 302 g/mol. The van der Waals surface area contributed by atoms with Gasteiger partial charge in [-0.25, -0.2) is 4.39 Å². The Morgan fingerprint density at radius 2 is 2.24 bits per heavy atom. The van der Waals surface area contributed by atoms with Gasteiger partial charge in [0.05, 0.1) is 10.3 Å². The molecule has 0 aliphatic rings. The number of nitrogens with two attached hydrogens (primary N) is 1. The van der Waals surface area contributed by atoms with Gasteiger partial charge in [-0.05, 0) is 34.6 Å². The van der Waals surface area contributed by atoms with E-state index in [2.05, 4.69) is 15.9 Å². The standard InChI is InChI=1S/C12H17BrFN3/c1-8(12(15)16)6-17(2)7-9-4-3-5-10(14)11(9)13/h3-5,8H,6-7H2,1-2H3,(H3,15,16). The summed E-state index contributed by atoms with van der Waals surface area (Å²) in [5, 5.41) is 7.33. The molecule has 0 amide bonds. The number of halogens is 2. The van der Waals surface area contributed by atoms with Crippen LogP contribution in [0.5, 0.6) is 0 Å². The summed E-state index contributed by atoms with van der Waals surface area (Å²) >= 11 is 3.24. The molecule has 0 heterocycles. The molecule has 0 aliphatic carbocycles. The van der Waals surface area contributed by atoms with Crippen molar-refractivity contribution in [3.05, 3.63) is 34.1 Å². The Morgan fingerprint density at radius 1 is 1.59 bits per heavy atom. The van der Waals surface area contributed by atoms with Gasteiger partial charge in [0.15, 0.2) is 0 Å². The smallest absolute Gasteiger partial charge is 0.137 e. The van der Waals surface area contributed by atoms with E-state index < -0.39 is 0 Å². The molecule has 0 fully saturated rings. The summed E-state index contributed by atoms with van der Waals surface area (Å²) in [5.74, 6) is -0.0713. The SMILES string of the molecule is CC(CN(C)Cc1cccc(F)c1Br)C(=N)N. The highest BCUT2D eigenvalue weighted by Gasteiger charge is 2.11. The van der Waals surface area contributed by atoms with Crippen LogP contribution in [0.15, 0.2) is 22.7 Å². The van der Waals surface area contributed by atoms with E-state index in [9.17, 15) is 4.39 Å². The summed E-state index contributed by atoms with van der Waals surface area (Å²) in [7, 11) is 1.93. The minimum Gasteiger partial charge on any atom is -0.387 e. The number of hydrogen-bond donors (Lipinski definition) is 2. The van der Waals surface area contributed by atoms with Gasteiger partial charge in [0, 0.05) is 19.0 Å². The van der Waals surface area contributed by atoms with Crippen LogP contribution in [-0.2, 0) is 6.54 Å². The molecule has 0 bridgehead atoms. The molecule has 1 unspecified atom stereocenters. The lowest BCUT2D eigenvalue weighted by molar-refractivity contribution is 0.305. The van der Waals surface area contributed by atoms with Crippen LogP contribution in [0.1, 0.15) is 12.5 Å². The normalized spacial score (nSPS) is 12.8. The Kier molecular flexibility index (Phi) is 5.08. The van der Waals surface area contributed by atoms with Crippen molar-refractivity contribution in [2.24, 2.45) is 11.7 Å². The largest absolute Gasteiger partial charge is 0.387 e. The van der Waals surface area contributed by atoms with Gasteiger partial charge in [-0.1, -0.05) is 19.1 Å². The minimum absolute atomic E-state index is 0.00679. The monoisotopic (exact) mass is 301 g/mol. The highest BCUT2D eigenvalue weighted by atomic mass is 79.9. The Labute approximate surface area is 109 Å². The molecular formula is C12H17BrFN3. The summed E-state index contributed by atoms with van der Waals surface area (Å²) in [6.07, 6.45) is 0. The summed E-state index contributed by atoms with van der Waals surface area (Å²) in [6, 6.07) is 4.99. The highest BCUT2D eigenvalue weighted by molar-refractivity contribution is 9.10. The predicted octanol–water partition coefficient (Wildman–Crippen LogP) is 2.59. The molecule has 0 aromatic heterocycles. The van der Waals surface area contributed by atoms with Crippen molar-refractivity contribution < 1.29 is 4.39 Å². The van der Waals surface area contributed by atoms with Crippen molar-refractivity contribution in [2.45, 2.75) is 13.5 Å². The molecule has 1 aromatic carbocycles. The van der Waals surface area contributed by atoms with Gasteiger partial charge in [-0.2, -0.15) is 0 Å². The Hall–Kier alpha value is -0.940. The van der Waals surface area contributed by atoms with E-state index in [1.54, 1.807) is 6.07 Å². The number of benzene rings is 1. The third-order valence-electron chi connectivity index (χ3n) is 2.59. The number of nitrogens with zero attached hydrogens (tertiary/aromatic N) is 1. The number of rotatable bonds is 5. The second-order valence-electron chi connectivity index (χ2n) is 4.27. The molecule has 94 valence electrons. The molecule has 1 rings (SSSR count). The van der Waals surface area contributed by atoms with E-state index in [4.69, 9.17) is 11.1 Å². The number of amidine groups is 1. The Balaban J connectivity index is 2.65. The van der Waals surface area contributed by atoms with Gasteiger partial charge in [0.25, 0.3) is 0 Å². The Bertz CT molecular complexity index is 409. The predicted molar refractivity (Wildman–Crippen MR) is 71.5 cm³/mol. The first-order valence-corrected chi connectivity index (χ1v) is 6.16. The van der Waals surface area contributed by atoms with Gasteiger partial charge in [-0.15, -0.1) is 0 Å². The number of hydrogen-bond acceptors (Lipinski definition) is 2. The zero-order chi connectivity index (χ0) is 13.0. The zero-order valence-electron chi connectivity index (χ0n) is 10.0. The van der Waals surface area contributed by atoms with Crippen LogP contribution in [-0.4, -0.2) is 24.3 Å². The molecule has 3 nitrogen and oxygen atoms in total. The second-order valence-corrected chi connectivity index (χ2v) is 5.06. The number of nitrogens with one attached hydrogen (secondary N) is 1. The average Bonchev–Trinajstić information content (AvgIpc) is 2.24. The van der Waals surface area contributed by atoms with Crippen LogP contribution in [0, 0.1) is 17.1 Å². The molecule has 1 atom stereocenters. The van der Waals surface area contributed by atoms with Gasteiger partial charge >= 0.3 is 0 Å². The minimum atomic E-state index is -0.254. The van der Waals surface area contributed by atoms with Crippen molar-refractivity contribution in [3.63, 3.8) is 0 Å². The van der Waals surface area contributed by atoms with E-state index in [1.165, 1.54) is 6.07 Å². The second kappa shape index (κ2) is 6.12. The maximum atomic E-state index is 13.3. The molecule has 5 heteroatoms. The topological polar surface area (TPSA) is 53.1 Å². The van der Waals surface area contributed by atoms with Crippen molar-refractivity contribution in [3.8, 4) is 0 Å². The summed E-state index contributed by atoms with van der Waals surface area (Å²) in [5.41, 5.74) is 6.31. The molecule has 1 aromatic rings. The first-order chi connectivity index (χ1) is 7.91. The molecule has 0 spiro atoms. The summed E-state index contributed by atoms with van der Waals surface area (Å²) in [4.78, 5) is 2.02. The van der Waals surface area contributed by atoms with Crippen molar-refractivity contribution >= 4 is 21.8 Å². The summed E-state index contributed by atoms with van der Waals surface area (Å²) < 4.78 is 13.8. The molecule has 17 heavy (non-hydrogen) atoms. The van der Waals surface area contributed by atoms with E-state index in [1.807, 2.05) is 24.9 Å². The lowest BCUT2D eigenvalue weighted by Gasteiger charge is -2.21. The third-order valence-corrected chi connectivity index (χ3v) is 3.48. The molecule has 3 N–H and O–H groups in total. The molecule has 0 saturated heterocycles. The van der Waals surface area contributed by atoms with Crippen molar-refractivity contribution in [1.29, 1.82) is 5.41 Å². The van der Waals surface area contributed by atoms with Gasteiger partial charge in [-0.3, -0.25) is 5.41 Å². The molecule has 0 radical (unpaired) electrons. The van der Waals surface area contributed by atoms with Crippen LogP contribution in [0.3, 0.4) is 0 Å². The maximum absolute atomic E-state index is 13.3. The lowest BCUT2D eigenvalue weighted by Crippen LogP contribution is -2.31. The summed E-state index contributed by atoms with van der Waals surface area (Å²) in [6.45, 7) is 3.20. The van der Waals surface area contributed by atoms with Crippen LogP contribution in [0.25, 0.3) is 0 Å². The first kappa shape index (κ1) is 14.1. The Morgan fingerprint density at radius 3 is 2.82 bits per heavy atom. The third kappa shape index (κ3) is 4.09. The fourth-order valence-electron chi connectivity index (χ4n) is 1.59. The van der Waals surface area contributed by atoms with Crippen LogP contribution in [0.4, 0.5) is 4.39 Å². The fraction of sp³-hybridized carbons (Fsp3) is 0.417. The van der Waals surface area contributed by atoms with Gasteiger partial charge < -0.3 is 10.6 Å². The molecule has 0 saturated carbocycles. The van der Waals surface area contributed by atoms with Crippen molar-refractivity contribution in [2.75, 3.05) is 13.6 Å². The van der Waals surface area contributed by atoms with Gasteiger partial charge in [0.2, 0.25) is 0 Å². The van der Waals surface area contributed by atoms with E-state index in [0.29, 0.717) is 17.6 Å². The quantitative estimate of drug-likeness (QED) is 0.649. The van der Waals surface area contributed by atoms with E-state index in [-0.39, 0.29) is 17.6 Å². The van der Waals surface area contributed by atoms with Crippen LogP contribution >= 0.6 is 15.9 Å². The van der Waals surface area contributed by atoms with Crippen LogP contribution in [0.2, 0.25) is 0 Å². The lowest BCUT2D eigenvalue weighted by atomic mass is 10.1. The van der Waals surface area contributed by atoms with Gasteiger partial charge in [0.1, 0.15) is 5.82 Å². The fourth-order valence-corrected chi connectivity index (χ4v) is 1.98. The molecular weight excluding hydrogens is 285 g/mol. The van der Waals surface area contributed by atoms with Crippen molar-refractivity contribution in [1.82, 2.24) is 4.90 Å². The zero-order valence-corrected chi connectivity index (χ0v) is 11.6. The van der Waals surface area contributed by atoms with E-state index >= 15 is 0 Å². The van der Waals surface area contributed by atoms with Crippen LogP contribution < -0.4 is 5.73 Å². The maximum Gasteiger partial charge on any atom is 0.137 e. The first-order valence-electron chi connectivity index (χ1n) is 5.37.